The first-order valence-corrected chi connectivity index (χ1v) is 9.02. The second kappa shape index (κ2) is 6.41. The number of fused-ring (bicyclic) bond motifs is 1. The quantitative estimate of drug-likeness (QED) is 0.571. The Morgan fingerprint density at radius 3 is 2.35 bits per heavy atom. The highest BCUT2D eigenvalue weighted by Crippen LogP contribution is 2.56. The molecule has 0 N–H and O–H groups in total. The molecule has 0 fully saturated rings. The number of thioether (sulfide) groups is 1. The van der Waals surface area contributed by atoms with Crippen molar-refractivity contribution in [2.75, 3.05) is 0 Å². The first kappa shape index (κ1) is 16.1. The van der Waals surface area contributed by atoms with Gasteiger partial charge in [0.1, 0.15) is 0 Å². The first-order chi connectivity index (χ1) is 11.0. The summed E-state index contributed by atoms with van der Waals surface area (Å²) < 4.78 is 0. The lowest BCUT2D eigenvalue weighted by atomic mass is 9.76. The van der Waals surface area contributed by atoms with Crippen LogP contribution in [0.25, 0.3) is 11.1 Å². The molecule has 1 heteroatoms. The first-order valence-electron chi connectivity index (χ1n) is 8.21. The lowest BCUT2D eigenvalue weighted by molar-refractivity contribution is 0.363. The molecule has 0 saturated carbocycles. The molecule has 0 saturated heterocycles. The Labute approximate surface area is 144 Å². The third-order valence-corrected chi connectivity index (χ3v) is 5.44. The summed E-state index contributed by atoms with van der Waals surface area (Å²) in [6.07, 6.45) is 6.54. The molecule has 0 bridgehead atoms. The second-order valence-electron chi connectivity index (χ2n) is 7.11. The predicted octanol–water partition coefficient (Wildman–Crippen LogP) is 7.05. The fourth-order valence-corrected chi connectivity index (χ4v) is 4.71. The van der Waals surface area contributed by atoms with Gasteiger partial charge in [-0.15, -0.1) is 0 Å². The van der Waals surface area contributed by atoms with Crippen LogP contribution in [-0.2, 0) is 0 Å². The molecule has 0 spiro atoms. The molecule has 118 valence electrons. The zero-order chi connectivity index (χ0) is 16.4. The van der Waals surface area contributed by atoms with E-state index >= 15 is 0 Å². The van der Waals surface area contributed by atoms with Crippen LogP contribution in [0.5, 0.6) is 0 Å². The summed E-state index contributed by atoms with van der Waals surface area (Å²) in [6, 6.07) is 17.6. The van der Waals surface area contributed by atoms with Crippen LogP contribution in [0.1, 0.15) is 39.2 Å². The molecule has 1 aliphatic rings. The molecule has 23 heavy (non-hydrogen) atoms. The SMILES string of the molecule is C/C=C\C=C1\Sc2cc(-c3ccccc3)ccc2C1C(C)(C)C. The number of benzene rings is 2. The van der Waals surface area contributed by atoms with E-state index in [4.69, 9.17) is 0 Å². The summed E-state index contributed by atoms with van der Waals surface area (Å²) in [5, 5.41) is 0. The number of hydrogen-bond acceptors (Lipinski definition) is 1. The average molecular weight is 321 g/mol. The fraction of sp³-hybridized carbons (Fsp3) is 0.273. The number of hydrogen-bond donors (Lipinski definition) is 0. The lowest BCUT2D eigenvalue weighted by Gasteiger charge is -2.28. The summed E-state index contributed by atoms with van der Waals surface area (Å²) in [6.45, 7) is 9.08. The van der Waals surface area contributed by atoms with E-state index in [0.29, 0.717) is 5.92 Å². The number of rotatable bonds is 2. The Morgan fingerprint density at radius 1 is 0.957 bits per heavy atom. The summed E-state index contributed by atoms with van der Waals surface area (Å²) in [7, 11) is 0. The maximum absolute atomic E-state index is 2.35. The van der Waals surface area contributed by atoms with E-state index in [-0.39, 0.29) is 5.41 Å². The topological polar surface area (TPSA) is 0 Å². The standard InChI is InChI=1S/C22H24S/c1-5-6-12-19-21(22(2,3)4)18-14-13-17(15-20(18)23-19)16-10-8-7-9-11-16/h5-15,21H,1-4H3/b6-5-,19-12+. The Kier molecular flexibility index (Phi) is 4.50. The highest BCUT2D eigenvalue weighted by Gasteiger charge is 2.36. The van der Waals surface area contributed by atoms with Crippen molar-refractivity contribution in [1.29, 1.82) is 0 Å². The minimum atomic E-state index is 0.222. The average Bonchev–Trinajstić information content (AvgIpc) is 2.91. The zero-order valence-electron chi connectivity index (χ0n) is 14.3. The minimum Gasteiger partial charge on any atom is -0.0935 e. The Hall–Kier alpha value is -1.73. The normalized spacial score (nSPS) is 19.5. The molecule has 0 aliphatic carbocycles. The summed E-state index contributed by atoms with van der Waals surface area (Å²) in [4.78, 5) is 2.86. The van der Waals surface area contributed by atoms with Gasteiger partial charge in [-0.1, -0.05) is 93.2 Å². The van der Waals surface area contributed by atoms with Gasteiger partial charge in [-0.25, -0.2) is 0 Å². The van der Waals surface area contributed by atoms with Gasteiger partial charge in [0.25, 0.3) is 0 Å². The fourth-order valence-electron chi connectivity index (χ4n) is 3.23. The van der Waals surface area contributed by atoms with Crippen LogP contribution in [0.15, 0.2) is 76.6 Å². The van der Waals surface area contributed by atoms with E-state index in [1.54, 1.807) is 0 Å². The van der Waals surface area contributed by atoms with Gasteiger partial charge < -0.3 is 0 Å². The van der Waals surface area contributed by atoms with Crippen molar-refractivity contribution in [3.63, 3.8) is 0 Å². The van der Waals surface area contributed by atoms with Crippen molar-refractivity contribution in [3.8, 4) is 11.1 Å². The van der Waals surface area contributed by atoms with Crippen LogP contribution < -0.4 is 0 Å². The van der Waals surface area contributed by atoms with Crippen LogP contribution >= 0.6 is 11.8 Å². The van der Waals surface area contributed by atoms with E-state index in [0.717, 1.165) is 0 Å². The maximum atomic E-state index is 2.35. The molecule has 0 amide bonds. The van der Waals surface area contributed by atoms with Gasteiger partial charge in [0.2, 0.25) is 0 Å². The monoisotopic (exact) mass is 320 g/mol. The van der Waals surface area contributed by atoms with Gasteiger partial charge in [-0.3, -0.25) is 0 Å². The van der Waals surface area contributed by atoms with Crippen molar-refractivity contribution in [3.05, 3.63) is 77.2 Å². The molecule has 3 rings (SSSR count). The van der Waals surface area contributed by atoms with Crippen molar-refractivity contribution in [2.24, 2.45) is 5.41 Å². The van der Waals surface area contributed by atoms with Crippen molar-refractivity contribution >= 4 is 11.8 Å². The van der Waals surface area contributed by atoms with Gasteiger partial charge in [-0.2, -0.15) is 0 Å². The summed E-state index contributed by atoms with van der Waals surface area (Å²) in [5.41, 5.74) is 4.28. The molecule has 1 atom stereocenters. The molecule has 1 aliphatic heterocycles. The molecular formula is C22H24S. The van der Waals surface area contributed by atoms with Gasteiger partial charge in [-0.05, 0) is 40.0 Å². The van der Waals surface area contributed by atoms with Crippen molar-refractivity contribution in [2.45, 2.75) is 38.5 Å². The van der Waals surface area contributed by atoms with E-state index in [1.807, 2.05) is 11.8 Å². The van der Waals surface area contributed by atoms with Crippen LogP contribution in [0, 0.1) is 5.41 Å². The molecule has 2 aromatic rings. The van der Waals surface area contributed by atoms with Gasteiger partial charge in [0.15, 0.2) is 0 Å². The summed E-state index contributed by atoms with van der Waals surface area (Å²) in [5.74, 6) is 0.475. The lowest BCUT2D eigenvalue weighted by Crippen LogP contribution is -2.17. The molecule has 1 heterocycles. The highest BCUT2D eigenvalue weighted by atomic mass is 32.2. The Morgan fingerprint density at radius 2 is 1.70 bits per heavy atom. The molecule has 0 radical (unpaired) electrons. The molecule has 0 nitrogen and oxygen atoms in total. The van der Waals surface area contributed by atoms with Crippen LogP contribution in [0.3, 0.4) is 0 Å². The smallest absolute Gasteiger partial charge is 0.0212 e. The molecule has 2 aromatic carbocycles. The van der Waals surface area contributed by atoms with Crippen molar-refractivity contribution in [1.82, 2.24) is 0 Å². The zero-order valence-corrected chi connectivity index (χ0v) is 15.2. The van der Waals surface area contributed by atoms with Gasteiger partial charge in [0.05, 0.1) is 0 Å². The highest BCUT2D eigenvalue weighted by molar-refractivity contribution is 8.03. The largest absolute Gasteiger partial charge is 0.0935 e. The minimum absolute atomic E-state index is 0.222. The molecule has 1 unspecified atom stereocenters. The summed E-state index contributed by atoms with van der Waals surface area (Å²) >= 11 is 1.93. The van der Waals surface area contributed by atoms with Crippen LogP contribution in [-0.4, -0.2) is 0 Å². The van der Waals surface area contributed by atoms with Crippen molar-refractivity contribution < 1.29 is 0 Å². The van der Waals surface area contributed by atoms with E-state index in [9.17, 15) is 0 Å². The maximum Gasteiger partial charge on any atom is 0.0212 e. The van der Waals surface area contributed by atoms with Crippen LogP contribution in [0.4, 0.5) is 0 Å². The molecule has 0 aromatic heterocycles. The predicted molar refractivity (Wildman–Crippen MR) is 103 cm³/mol. The molecular weight excluding hydrogens is 296 g/mol. The van der Waals surface area contributed by atoms with Gasteiger partial charge >= 0.3 is 0 Å². The van der Waals surface area contributed by atoms with Crippen LogP contribution in [0.2, 0.25) is 0 Å². The third-order valence-electron chi connectivity index (χ3n) is 4.26. The Bertz CT molecular complexity index is 745. The van der Waals surface area contributed by atoms with E-state index in [1.165, 1.54) is 26.5 Å². The number of allylic oxidation sites excluding steroid dienone is 4. The third kappa shape index (κ3) is 3.30. The van der Waals surface area contributed by atoms with E-state index < -0.39 is 0 Å². The van der Waals surface area contributed by atoms with E-state index in [2.05, 4.69) is 94.5 Å². The second-order valence-corrected chi connectivity index (χ2v) is 8.23. The Balaban J connectivity index is 2.06. The van der Waals surface area contributed by atoms with Gasteiger partial charge in [0, 0.05) is 10.8 Å².